The Morgan fingerprint density at radius 2 is 1.55 bits per heavy atom. The third kappa shape index (κ3) is 7.20. The lowest BCUT2D eigenvalue weighted by Gasteiger charge is -2.34. The minimum atomic E-state index is -3.69. The summed E-state index contributed by atoms with van der Waals surface area (Å²) in [7, 11) is -2.33. The summed E-state index contributed by atoms with van der Waals surface area (Å²) in [6.45, 7) is 2.59. The summed E-state index contributed by atoms with van der Waals surface area (Å²) >= 11 is 18.0. The van der Waals surface area contributed by atoms with E-state index >= 15 is 0 Å². The summed E-state index contributed by atoms with van der Waals surface area (Å²) in [6, 6.07) is 17.4. The van der Waals surface area contributed by atoms with Crippen LogP contribution in [0.25, 0.3) is 0 Å². The fourth-order valence-electron chi connectivity index (χ4n) is 4.14. The van der Waals surface area contributed by atoms with Gasteiger partial charge in [0.2, 0.25) is 10.0 Å². The molecule has 1 aliphatic heterocycles. The van der Waals surface area contributed by atoms with Gasteiger partial charge in [0.15, 0.2) is 0 Å². The van der Waals surface area contributed by atoms with Crippen LogP contribution in [0, 0.1) is 0 Å². The average molecular weight is 598 g/mol. The van der Waals surface area contributed by atoms with Crippen molar-refractivity contribution < 1.29 is 22.7 Å². The van der Waals surface area contributed by atoms with Gasteiger partial charge in [-0.1, -0.05) is 59.1 Å². The molecular formula is C27H27Cl3N2O5S. The highest BCUT2D eigenvalue weighted by molar-refractivity contribution is 7.89. The minimum absolute atomic E-state index is 0.119. The quantitative estimate of drug-likeness (QED) is 0.306. The van der Waals surface area contributed by atoms with Gasteiger partial charge < -0.3 is 9.47 Å². The Bertz CT molecular complexity index is 1390. The first kappa shape index (κ1) is 28.7. The summed E-state index contributed by atoms with van der Waals surface area (Å²) < 4.78 is 38.6. The number of carbonyl (C=O) groups excluding carboxylic acids is 1. The van der Waals surface area contributed by atoms with Crippen molar-refractivity contribution in [1.29, 1.82) is 0 Å². The Labute approximate surface area is 237 Å². The maximum Gasteiger partial charge on any atom is 0.309 e. The average Bonchev–Trinajstić information content (AvgIpc) is 2.91. The molecule has 202 valence electrons. The number of halogens is 3. The molecule has 38 heavy (non-hydrogen) atoms. The lowest BCUT2D eigenvalue weighted by Crippen LogP contribution is -2.48. The van der Waals surface area contributed by atoms with E-state index in [0.717, 1.165) is 16.7 Å². The summed E-state index contributed by atoms with van der Waals surface area (Å²) in [4.78, 5) is 14.1. The molecule has 1 saturated heterocycles. The van der Waals surface area contributed by atoms with Crippen molar-refractivity contribution in [2.75, 3.05) is 33.3 Å². The van der Waals surface area contributed by atoms with Gasteiger partial charge in [0.05, 0.1) is 28.5 Å². The molecule has 1 heterocycles. The van der Waals surface area contributed by atoms with Gasteiger partial charge in [-0.25, -0.2) is 8.42 Å². The molecule has 0 spiro atoms. The molecular weight excluding hydrogens is 571 g/mol. The number of methoxy groups -OCH3 is 1. The van der Waals surface area contributed by atoms with E-state index in [1.165, 1.54) is 29.6 Å². The normalized spacial score (nSPS) is 14.8. The maximum absolute atomic E-state index is 13.1. The summed E-state index contributed by atoms with van der Waals surface area (Å²) in [6.07, 6.45) is 0.149. The second-order valence-corrected chi connectivity index (χ2v) is 12.1. The highest BCUT2D eigenvalue weighted by Crippen LogP contribution is 2.28. The van der Waals surface area contributed by atoms with Gasteiger partial charge in [0.1, 0.15) is 12.4 Å². The number of sulfonamides is 1. The zero-order valence-corrected chi connectivity index (χ0v) is 23.8. The van der Waals surface area contributed by atoms with Crippen LogP contribution in [-0.4, -0.2) is 56.9 Å². The predicted octanol–water partition coefficient (Wildman–Crippen LogP) is 5.45. The van der Waals surface area contributed by atoms with Crippen LogP contribution in [0.15, 0.2) is 65.6 Å². The minimum Gasteiger partial charge on any atom is -0.489 e. The van der Waals surface area contributed by atoms with Gasteiger partial charge in [-0.05, 0) is 47.5 Å². The Balaban J connectivity index is 1.46. The number of piperazine rings is 1. The van der Waals surface area contributed by atoms with Gasteiger partial charge in [-0.3, -0.25) is 9.69 Å². The molecule has 0 N–H and O–H groups in total. The zero-order chi connectivity index (χ0) is 27.3. The Kier molecular flexibility index (Phi) is 9.57. The number of hydrogen-bond acceptors (Lipinski definition) is 6. The Morgan fingerprint density at radius 3 is 2.21 bits per heavy atom. The molecule has 0 unspecified atom stereocenters. The highest BCUT2D eigenvalue weighted by Gasteiger charge is 2.29. The van der Waals surface area contributed by atoms with Gasteiger partial charge in [0.25, 0.3) is 0 Å². The van der Waals surface area contributed by atoms with E-state index in [2.05, 4.69) is 4.90 Å². The van der Waals surface area contributed by atoms with E-state index in [4.69, 9.17) is 44.3 Å². The number of rotatable bonds is 9. The molecule has 3 aromatic rings. The number of benzene rings is 3. The molecule has 7 nitrogen and oxygen atoms in total. The van der Waals surface area contributed by atoms with Crippen LogP contribution in [0.3, 0.4) is 0 Å². The number of nitrogens with zero attached hydrogens (tertiary/aromatic N) is 2. The molecule has 0 bridgehead atoms. The molecule has 1 fully saturated rings. The van der Waals surface area contributed by atoms with E-state index in [9.17, 15) is 13.2 Å². The van der Waals surface area contributed by atoms with Crippen molar-refractivity contribution in [2.45, 2.75) is 24.5 Å². The topological polar surface area (TPSA) is 76.2 Å². The highest BCUT2D eigenvalue weighted by atomic mass is 35.5. The molecule has 0 aromatic heterocycles. The summed E-state index contributed by atoms with van der Waals surface area (Å²) in [5.74, 6) is 0.367. The molecule has 4 rings (SSSR count). The second kappa shape index (κ2) is 12.7. The molecule has 11 heteroatoms. The Hall–Kier alpha value is -2.33. The monoisotopic (exact) mass is 596 g/mol. The van der Waals surface area contributed by atoms with Crippen LogP contribution in [0.2, 0.25) is 15.1 Å². The number of hydrogen-bond donors (Lipinski definition) is 0. The third-order valence-corrected chi connectivity index (χ3v) is 9.15. The molecule has 3 aromatic carbocycles. The van der Waals surface area contributed by atoms with Crippen molar-refractivity contribution in [2.24, 2.45) is 0 Å². The first-order valence-corrected chi connectivity index (χ1v) is 14.5. The molecule has 0 atom stereocenters. The van der Waals surface area contributed by atoms with Crippen molar-refractivity contribution in [3.63, 3.8) is 0 Å². The fourth-order valence-corrected chi connectivity index (χ4v) is 6.08. The first-order chi connectivity index (χ1) is 18.2. The van der Waals surface area contributed by atoms with Gasteiger partial charge in [-0.15, -0.1) is 0 Å². The standard InChI is InChI=1S/C27H27Cl3N2O5S/c1-36-27(33)15-20-4-9-26(37-18-19-2-5-22(28)6-3-19)21(14-20)17-31-10-12-32(13-11-31)38(34,35)23-7-8-24(29)25(30)16-23/h2-9,14,16H,10-13,15,17-18H2,1H3. The number of esters is 1. The zero-order valence-electron chi connectivity index (χ0n) is 20.7. The third-order valence-electron chi connectivity index (χ3n) is 6.26. The van der Waals surface area contributed by atoms with Crippen LogP contribution >= 0.6 is 34.8 Å². The SMILES string of the molecule is COC(=O)Cc1ccc(OCc2ccc(Cl)cc2)c(CN2CCN(S(=O)(=O)c3ccc(Cl)c(Cl)c3)CC2)c1. The van der Waals surface area contributed by atoms with Crippen LogP contribution in [-0.2, 0) is 39.1 Å². The first-order valence-electron chi connectivity index (χ1n) is 11.9. The van der Waals surface area contributed by atoms with Gasteiger partial charge >= 0.3 is 5.97 Å². The Morgan fingerprint density at radius 1 is 0.868 bits per heavy atom. The van der Waals surface area contributed by atoms with E-state index in [1.807, 2.05) is 42.5 Å². The van der Waals surface area contributed by atoms with E-state index in [1.54, 1.807) is 0 Å². The van der Waals surface area contributed by atoms with Crippen LogP contribution in [0.1, 0.15) is 16.7 Å². The van der Waals surface area contributed by atoms with E-state index in [-0.39, 0.29) is 22.3 Å². The lowest BCUT2D eigenvalue weighted by molar-refractivity contribution is -0.139. The van der Waals surface area contributed by atoms with Crippen molar-refractivity contribution >= 4 is 50.8 Å². The smallest absolute Gasteiger partial charge is 0.309 e. The number of ether oxygens (including phenoxy) is 2. The molecule has 0 amide bonds. The van der Waals surface area contributed by atoms with E-state index in [0.29, 0.717) is 55.1 Å². The van der Waals surface area contributed by atoms with E-state index < -0.39 is 10.0 Å². The van der Waals surface area contributed by atoms with Crippen LogP contribution in [0.5, 0.6) is 5.75 Å². The second-order valence-electron chi connectivity index (χ2n) is 8.87. The largest absolute Gasteiger partial charge is 0.489 e. The molecule has 0 saturated carbocycles. The predicted molar refractivity (Wildman–Crippen MR) is 148 cm³/mol. The molecule has 1 aliphatic rings. The number of carbonyl (C=O) groups is 1. The van der Waals surface area contributed by atoms with Crippen molar-refractivity contribution in [3.8, 4) is 5.75 Å². The molecule has 0 radical (unpaired) electrons. The van der Waals surface area contributed by atoms with Gasteiger partial charge in [0, 0.05) is 43.3 Å². The molecule has 0 aliphatic carbocycles. The van der Waals surface area contributed by atoms with Crippen LogP contribution in [0.4, 0.5) is 0 Å². The van der Waals surface area contributed by atoms with Crippen molar-refractivity contribution in [1.82, 2.24) is 9.21 Å². The van der Waals surface area contributed by atoms with Crippen LogP contribution < -0.4 is 4.74 Å². The summed E-state index contributed by atoms with van der Waals surface area (Å²) in [5, 5.41) is 1.16. The van der Waals surface area contributed by atoms with Gasteiger partial charge in [-0.2, -0.15) is 4.31 Å². The lowest BCUT2D eigenvalue weighted by atomic mass is 10.1. The van der Waals surface area contributed by atoms with Crippen molar-refractivity contribution in [3.05, 3.63) is 92.4 Å². The maximum atomic E-state index is 13.1. The summed E-state index contributed by atoms with van der Waals surface area (Å²) in [5.41, 5.74) is 2.69. The fraction of sp³-hybridized carbons (Fsp3) is 0.296.